The molecule has 0 saturated heterocycles. The van der Waals surface area contributed by atoms with Gasteiger partial charge in [-0.2, -0.15) is 0 Å². The van der Waals surface area contributed by atoms with Gasteiger partial charge in [-0.15, -0.1) is 0 Å². The van der Waals surface area contributed by atoms with Crippen LogP contribution in [0.25, 0.3) is 17.9 Å². The standard InChI is InChI=1S/C29H27N2O8/c1-31(2)21-20-23(33)16-12-15-11-10-14(9-8-13-6-4-3-5-7-13)22(32)17(15)24(34)18(16)26(36)29(20,39)27(37)19(25(21)35)28(30)38/h3-12,16,20-21,23,32-34,37,39H,1-2H3,(H2,30,38)/b9-8+/t16-,20-,21+,23+,29+/m0/s1. The van der Waals surface area contributed by atoms with Crippen molar-refractivity contribution in [1.82, 2.24) is 4.90 Å². The Morgan fingerprint density at radius 3 is 2.31 bits per heavy atom. The van der Waals surface area contributed by atoms with Crippen molar-refractivity contribution in [2.24, 2.45) is 17.6 Å². The summed E-state index contributed by atoms with van der Waals surface area (Å²) in [5.41, 5.74) is 2.33. The summed E-state index contributed by atoms with van der Waals surface area (Å²) in [6, 6.07) is 11.1. The molecule has 0 bridgehead atoms. The van der Waals surface area contributed by atoms with Gasteiger partial charge in [0.1, 0.15) is 22.8 Å². The summed E-state index contributed by atoms with van der Waals surface area (Å²) < 4.78 is 0. The maximum absolute atomic E-state index is 13.9. The number of nitrogens with zero attached hydrogens (tertiary/aromatic N) is 1. The number of phenolic OH excluding ortho intramolecular Hbond substituents is 1. The molecule has 1 fully saturated rings. The number of primary amides is 1. The van der Waals surface area contributed by atoms with Gasteiger partial charge in [0.15, 0.2) is 11.4 Å². The summed E-state index contributed by atoms with van der Waals surface area (Å²) in [5, 5.41) is 56.4. The van der Waals surface area contributed by atoms with Crippen LogP contribution in [0.5, 0.6) is 5.75 Å². The Hall–Kier alpha value is -4.25. The van der Waals surface area contributed by atoms with E-state index in [0.29, 0.717) is 11.1 Å². The highest BCUT2D eigenvalue weighted by molar-refractivity contribution is 6.24. The summed E-state index contributed by atoms with van der Waals surface area (Å²) in [4.78, 5) is 40.4. The molecule has 39 heavy (non-hydrogen) atoms. The molecule has 5 rings (SSSR count). The van der Waals surface area contributed by atoms with Gasteiger partial charge in [-0.05, 0) is 25.2 Å². The molecule has 10 nitrogen and oxygen atoms in total. The van der Waals surface area contributed by atoms with Gasteiger partial charge in [-0.3, -0.25) is 19.3 Å². The molecule has 0 heterocycles. The van der Waals surface area contributed by atoms with Crippen LogP contribution < -0.4 is 5.73 Å². The Kier molecular flexibility index (Phi) is 6.21. The van der Waals surface area contributed by atoms with Crippen molar-refractivity contribution in [2.75, 3.05) is 14.1 Å². The lowest BCUT2D eigenvalue weighted by Gasteiger charge is -2.52. The molecule has 0 spiro atoms. The lowest BCUT2D eigenvalue weighted by atomic mass is 9.56. The second-order valence-electron chi connectivity index (χ2n) is 10.1. The lowest BCUT2D eigenvalue weighted by molar-refractivity contribution is -0.167. The Bertz CT molecular complexity index is 1510. The predicted octanol–water partition coefficient (Wildman–Crippen LogP) is 1.12. The van der Waals surface area contributed by atoms with Gasteiger partial charge in [0.2, 0.25) is 5.78 Å². The Morgan fingerprint density at radius 2 is 1.69 bits per heavy atom. The number of aromatic hydroxyl groups is 1. The molecule has 2 aromatic carbocycles. The fourth-order valence-corrected chi connectivity index (χ4v) is 5.91. The molecule has 0 unspecified atom stereocenters. The van der Waals surface area contributed by atoms with E-state index in [1.54, 1.807) is 24.3 Å². The summed E-state index contributed by atoms with van der Waals surface area (Å²) >= 11 is 0. The van der Waals surface area contributed by atoms with Crippen LogP contribution >= 0.6 is 0 Å². The number of fused-ring (bicyclic) bond motifs is 3. The van der Waals surface area contributed by atoms with Crippen LogP contribution in [-0.4, -0.2) is 79.7 Å². The average molecular weight is 532 g/mol. The third kappa shape index (κ3) is 3.71. The largest absolute Gasteiger partial charge is 0.508 e. The van der Waals surface area contributed by atoms with Gasteiger partial charge < -0.3 is 31.3 Å². The molecule has 3 aliphatic carbocycles. The summed E-state index contributed by atoms with van der Waals surface area (Å²) in [5.74, 6) is -8.65. The Balaban J connectivity index is 1.68. The van der Waals surface area contributed by atoms with E-state index in [1.165, 1.54) is 25.4 Å². The summed E-state index contributed by atoms with van der Waals surface area (Å²) in [7, 11) is 2.90. The number of phenols is 1. The first kappa shape index (κ1) is 26.4. The fraction of sp³-hybridized carbons (Fsp3) is 0.241. The number of aliphatic hydroxyl groups excluding tert-OH is 3. The van der Waals surface area contributed by atoms with Crippen molar-refractivity contribution in [3.05, 3.63) is 88.0 Å². The molecule has 5 atom stereocenters. The minimum Gasteiger partial charge on any atom is -0.508 e. The zero-order chi connectivity index (χ0) is 28.4. The summed E-state index contributed by atoms with van der Waals surface area (Å²) in [6.07, 6.45) is 3.17. The van der Waals surface area contributed by atoms with Crippen molar-refractivity contribution in [1.29, 1.82) is 0 Å². The predicted molar refractivity (Wildman–Crippen MR) is 141 cm³/mol. The van der Waals surface area contributed by atoms with E-state index in [2.05, 4.69) is 0 Å². The molecule has 201 valence electrons. The number of ketones is 2. The quantitative estimate of drug-likeness (QED) is 0.249. The SMILES string of the molecule is CN(C)[C@H]1C(=O)C(C(N)=O)=C(O)[C@]2(O)C(=O)C3=C(O)c4c(ccc(/C=C/c5ccccc5)c4O)[CH][C@@H]3[C@@H](O)[C@H]12. The average Bonchev–Trinajstić information content (AvgIpc) is 2.88. The summed E-state index contributed by atoms with van der Waals surface area (Å²) in [6.45, 7) is 0. The van der Waals surface area contributed by atoms with E-state index in [0.717, 1.165) is 5.56 Å². The highest BCUT2D eigenvalue weighted by atomic mass is 16.4. The Morgan fingerprint density at radius 1 is 1.03 bits per heavy atom. The van der Waals surface area contributed by atoms with Crippen molar-refractivity contribution < 1.29 is 39.9 Å². The van der Waals surface area contributed by atoms with E-state index in [4.69, 9.17) is 5.73 Å². The number of benzene rings is 2. The molecule has 1 radical (unpaired) electrons. The van der Waals surface area contributed by atoms with Crippen LogP contribution in [0, 0.1) is 18.3 Å². The minimum atomic E-state index is -2.95. The van der Waals surface area contributed by atoms with Gasteiger partial charge in [0, 0.05) is 23.5 Å². The van der Waals surface area contributed by atoms with Gasteiger partial charge in [-0.1, -0.05) is 54.6 Å². The molecule has 10 heteroatoms. The molecule has 0 aliphatic heterocycles. The second-order valence-corrected chi connectivity index (χ2v) is 10.1. The van der Waals surface area contributed by atoms with Crippen LogP contribution in [0.4, 0.5) is 0 Å². The smallest absolute Gasteiger partial charge is 0.255 e. The first-order valence-corrected chi connectivity index (χ1v) is 12.2. The number of carbonyl (C=O) groups is 3. The number of carbonyl (C=O) groups excluding carboxylic acids is 3. The van der Waals surface area contributed by atoms with Gasteiger partial charge in [0.05, 0.1) is 23.6 Å². The number of Topliss-reactive ketones (excluding diaryl/α,β-unsaturated/α-hetero) is 2. The van der Waals surface area contributed by atoms with Crippen LogP contribution in [0.1, 0.15) is 22.3 Å². The molecular weight excluding hydrogens is 504 g/mol. The lowest BCUT2D eigenvalue weighted by Crippen LogP contribution is -2.70. The van der Waals surface area contributed by atoms with Crippen LogP contribution in [0.15, 0.2) is 59.4 Å². The highest BCUT2D eigenvalue weighted by Crippen LogP contribution is 2.53. The number of amides is 1. The van der Waals surface area contributed by atoms with E-state index in [9.17, 15) is 39.9 Å². The fourth-order valence-electron chi connectivity index (χ4n) is 5.91. The normalized spacial score (nSPS) is 28.5. The number of hydrogen-bond acceptors (Lipinski definition) is 9. The first-order chi connectivity index (χ1) is 18.4. The van der Waals surface area contributed by atoms with Crippen molar-refractivity contribution in [3.8, 4) is 5.75 Å². The van der Waals surface area contributed by atoms with Crippen molar-refractivity contribution >= 4 is 35.4 Å². The molecule has 1 amide bonds. The third-order valence-corrected chi connectivity index (χ3v) is 7.75. The van der Waals surface area contributed by atoms with Gasteiger partial charge in [-0.25, -0.2) is 0 Å². The maximum atomic E-state index is 13.9. The van der Waals surface area contributed by atoms with Crippen molar-refractivity contribution in [3.63, 3.8) is 0 Å². The second kappa shape index (κ2) is 9.19. The monoisotopic (exact) mass is 531 g/mol. The first-order valence-electron chi connectivity index (χ1n) is 12.2. The van der Waals surface area contributed by atoms with E-state index in [1.807, 2.05) is 30.3 Å². The number of nitrogens with two attached hydrogens (primary N) is 1. The topological polar surface area (TPSA) is 182 Å². The van der Waals surface area contributed by atoms with Crippen LogP contribution in [0.2, 0.25) is 0 Å². The molecule has 2 aromatic rings. The molecule has 0 aromatic heterocycles. The zero-order valence-corrected chi connectivity index (χ0v) is 21.1. The number of rotatable bonds is 4. The van der Waals surface area contributed by atoms with Crippen LogP contribution in [-0.2, 0) is 14.4 Å². The Labute approximate surface area is 223 Å². The number of likely N-dealkylation sites (N-methyl/N-ethyl adjacent to an activating group) is 1. The molecular formula is C29H27N2O8. The van der Waals surface area contributed by atoms with Gasteiger partial charge >= 0.3 is 0 Å². The van der Waals surface area contributed by atoms with Crippen LogP contribution in [0.3, 0.4) is 0 Å². The molecule has 1 saturated carbocycles. The number of aliphatic hydroxyl groups is 4. The number of hydrogen-bond donors (Lipinski definition) is 6. The zero-order valence-electron chi connectivity index (χ0n) is 21.1. The maximum Gasteiger partial charge on any atom is 0.255 e. The van der Waals surface area contributed by atoms with E-state index >= 15 is 0 Å². The third-order valence-electron chi connectivity index (χ3n) is 7.75. The van der Waals surface area contributed by atoms with Gasteiger partial charge in [0.25, 0.3) is 5.91 Å². The van der Waals surface area contributed by atoms with Crippen molar-refractivity contribution in [2.45, 2.75) is 17.7 Å². The molecule has 7 N–H and O–H groups in total. The highest BCUT2D eigenvalue weighted by Gasteiger charge is 2.67. The van der Waals surface area contributed by atoms with E-state index in [-0.39, 0.29) is 11.3 Å². The minimum absolute atomic E-state index is 0.103. The molecule has 3 aliphatic rings. The van der Waals surface area contributed by atoms with E-state index < -0.39 is 69.7 Å².